The number of aliphatic imine (C=N–C) groups is 1. The van der Waals surface area contributed by atoms with Crippen LogP contribution in [0, 0.1) is 5.41 Å². The van der Waals surface area contributed by atoms with Crippen LogP contribution in [-0.2, 0) is 11.3 Å². The van der Waals surface area contributed by atoms with Gasteiger partial charge in [0, 0.05) is 36.9 Å². The third kappa shape index (κ3) is 4.09. The summed E-state index contributed by atoms with van der Waals surface area (Å²) in [5, 5.41) is 3.39. The van der Waals surface area contributed by atoms with E-state index in [2.05, 4.69) is 23.2 Å². The third-order valence-electron chi connectivity index (χ3n) is 4.93. The summed E-state index contributed by atoms with van der Waals surface area (Å²) in [7, 11) is 2.01. The number of rotatable bonds is 5. The van der Waals surface area contributed by atoms with Crippen LogP contribution in [0.4, 0.5) is 5.69 Å². The summed E-state index contributed by atoms with van der Waals surface area (Å²) in [6, 6.07) is 7.94. The first-order chi connectivity index (χ1) is 11.6. The van der Waals surface area contributed by atoms with Gasteiger partial charge in [-0.25, -0.2) is 0 Å². The summed E-state index contributed by atoms with van der Waals surface area (Å²) in [5.41, 5.74) is 9.30. The van der Waals surface area contributed by atoms with Crippen molar-refractivity contribution in [1.29, 1.82) is 0 Å². The van der Waals surface area contributed by atoms with E-state index in [4.69, 9.17) is 15.5 Å². The number of ether oxygens (including phenoxy) is 1. The Kier molecular flexibility index (Phi) is 5.09. The van der Waals surface area contributed by atoms with Crippen LogP contribution in [0.3, 0.4) is 0 Å². The molecular weight excluding hydrogens is 300 g/mol. The van der Waals surface area contributed by atoms with Crippen molar-refractivity contribution in [2.24, 2.45) is 10.4 Å². The lowest BCUT2D eigenvalue weighted by Crippen LogP contribution is -2.40. The first-order valence-corrected chi connectivity index (χ1v) is 8.72. The zero-order chi connectivity index (χ0) is 17.0. The monoisotopic (exact) mass is 328 g/mol. The lowest BCUT2D eigenvalue weighted by atomic mass is 10.0. The van der Waals surface area contributed by atoms with Gasteiger partial charge < -0.3 is 20.7 Å². The molecule has 0 amide bonds. The van der Waals surface area contributed by atoms with Crippen LogP contribution in [0.25, 0.3) is 0 Å². The van der Waals surface area contributed by atoms with Gasteiger partial charge in [-0.05, 0) is 36.6 Å². The number of benzene rings is 1. The quantitative estimate of drug-likeness (QED) is 0.495. The minimum absolute atomic E-state index is 0.295. The van der Waals surface area contributed by atoms with Crippen LogP contribution >= 0.6 is 0 Å². The number of amidine groups is 1. The number of hydrogen-bond donors (Lipinski definition) is 2. The average molecular weight is 328 g/mol. The first kappa shape index (κ1) is 16.8. The van der Waals surface area contributed by atoms with Gasteiger partial charge >= 0.3 is 0 Å². The first-order valence-electron chi connectivity index (χ1n) is 8.72. The normalized spacial score (nSPS) is 20.8. The molecule has 130 valence electrons. The van der Waals surface area contributed by atoms with Crippen molar-refractivity contribution in [2.75, 3.05) is 39.1 Å². The Morgan fingerprint density at radius 2 is 1.96 bits per heavy atom. The molecule has 2 fully saturated rings. The molecule has 3 N–H and O–H groups in total. The van der Waals surface area contributed by atoms with Crippen LogP contribution in [-0.4, -0.2) is 44.1 Å². The van der Waals surface area contributed by atoms with Crippen LogP contribution in [0.1, 0.15) is 25.3 Å². The number of nitrogens with zero attached hydrogens (tertiary/aromatic N) is 2. The predicted molar refractivity (Wildman–Crippen MR) is 98.9 cm³/mol. The molecule has 1 saturated carbocycles. The van der Waals surface area contributed by atoms with Crippen molar-refractivity contribution in [3.63, 3.8) is 0 Å². The predicted octanol–water partition coefficient (Wildman–Crippen LogP) is 2.40. The van der Waals surface area contributed by atoms with Crippen LogP contribution in [0.15, 0.2) is 41.0 Å². The molecule has 2 aliphatic rings. The number of allylic oxidation sites excluding steroid dienone is 1. The highest BCUT2D eigenvalue weighted by Gasteiger charge is 2.41. The number of anilines is 1. The molecule has 1 aliphatic carbocycles. The van der Waals surface area contributed by atoms with Crippen molar-refractivity contribution < 1.29 is 4.74 Å². The maximum Gasteiger partial charge on any atom is 0.125 e. The van der Waals surface area contributed by atoms with Gasteiger partial charge in [-0.15, -0.1) is 0 Å². The molecule has 0 unspecified atom stereocenters. The third-order valence-corrected chi connectivity index (χ3v) is 4.93. The summed E-state index contributed by atoms with van der Waals surface area (Å²) in [6.07, 6.45) is 4.72. The number of nitrogens with one attached hydrogen (secondary N) is 1. The molecule has 3 rings (SSSR count). The van der Waals surface area contributed by atoms with Crippen LogP contribution in [0.5, 0.6) is 0 Å². The van der Waals surface area contributed by atoms with E-state index in [0.29, 0.717) is 12.0 Å². The summed E-state index contributed by atoms with van der Waals surface area (Å²) in [4.78, 5) is 7.23. The van der Waals surface area contributed by atoms with Gasteiger partial charge in [0.2, 0.25) is 0 Å². The molecule has 24 heavy (non-hydrogen) atoms. The number of nitrogen functional groups attached to an aromatic ring is 1. The minimum atomic E-state index is 0.295. The summed E-state index contributed by atoms with van der Waals surface area (Å²) < 4.78 is 5.49. The SMILES string of the molecule is CN/C(=C\C(=NCc1ccc(N)cc1)N1CCOCC1)C1(C)CC1. The number of morpholine rings is 1. The molecule has 5 heteroatoms. The average Bonchev–Trinajstić information content (AvgIpc) is 3.36. The van der Waals surface area contributed by atoms with Gasteiger partial charge in [-0.1, -0.05) is 19.1 Å². The lowest BCUT2D eigenvalue weighted by Gasteiger charge is -2.29. The standard InChI is InChI=1S/C19H28N4O/c1-19(7-8-19)17(21-2)13-18(23-9-11-24-12-10-23)22-14-15-3-5-16(20)6-4-15/h3-6,13,21H,7-12,14,20H2,1-2H3/b17-13-,22-18?. The van der Waals surface area contributed by atoms with Gasteiger partial charge in [-0.3, -0.25) is 4.99 Å². The largest absolute Gasteiger partial charge is 0.399 e. The fourth-order valence-corrected chi connectivity index (χ4v) is 2.96. The maximum absolute atomic E-state index is 5.76. The number of nitrogens with two attached hydrogens (primary N) is 1. The van der Waals surface area contributed by atoms with Gasteiger partial charge in [0.25, 0.3) is 0 Å². The molecule has 0 aromatic heterocycles. The Bertz CT molecular complexity index is 611. The highest BCUT2D eigenvalue weighted by molar-refractivity contribution is 5.93. The van der Waals surface area contributed by atoms with Gasteiger partial charge in [0.15, 0.2) is 0 Å². The van der Waals surface area contributed by atoms with Crippen molar-refractivity contribution in [3.05, 3.63) is 41.6 Å². The fraction of sp³-hybridized carbons (Fsp3) is 0.526. The van der Waals surface area contributed by atoms with E-state index in [-0.39, 0.29) is 0 Å². The molecule has 1 aromatic rings. The highest BCUT2D eigenvalue weighted by Crippen LogP contribution is 2.50. The van der Waals surface area contributed by atoms with E-state index < -0.39 is 0 Å². The molecule has 0 radical (unpaired) electrons. The molecule has 1 aliphatic heterocycles. The Morgan fingerprint density at radius 3 is 2.54 bits per heavy atom. The highest BCUT2D eigenvalue weighted by atomic mass is 16.5. The van der Waals surface area contributed by atoms with E-state index in [9.17, 15) is 0 Å². The molecule has 5 nitrogen and oxygen atoms in total. The second kappa shape index (κ2) is 7.26. The van der Waals surface area contributed by atoms with E-state index >= 15 is 0 Å². The van der Waals surface area contributed by atoms with E-state index in [1.807, 2.05) is 31.3 Å². The van der Waals surface area contributed by atoms with Gasteiger partial charge in [0.1, 0.15) is 5.84 Å². The van der Waals surface area contributed by atoms with E-state index in [1.165, 1.54) is 24.1 Å². The molecule has 1 heterocycles. The zero-order valence-corrected chi connectivity index (χ0v) is 14.7. The summed E-state index contributed by atoms with van der Waals surface area (Å²) >= 11 is 0. The van der Waals surface area contributed by atoms with Gasteiger partial charge in [0.05, 0.1) is 19.8 Å². The van der Waals surface area contributed by atoms with E-state index in [0.717, 1.165) is 37.8 Å². The summed E-state index contributed by atoms with van der Waals surface area (Å²) in [5.74, 6) is 1.05. The van der Waals surface area contributed by atoms with E-state index in [1.54, 1.807) is 0 Å². The van der Waals surface area contributed by atoms with Crippen molar-refractivity contribution in [2.45, 2.75) is 26.3 Å². The molecule has 0 spiro atoms. The second-order valence-corrected chi connectivity index (χ2v) is 6.88. The molecule has 1 saturated heterocycles. The van der Waals surface area contributed by atoms with Crippen LogP contribution in [0.2, 0.25) is 0 Å². The smallest absolute Gasteiger partial charge is 0.125 e. The molecule has 1 aromatic carbocycles. The zero-order valence-electron chi connectivity index (χ0n) is 14.7. The minimum Gasteiger partial charge on any atom is -0.399 e. The maximum atomic E-state index is 5.76. The van der Waals surface area contributed by atoms with Gasteiger partial charge in [-0.2, -0.15) is 0 Å². The second-order valence-electron chi connectivity index (χ2n) is 6.88. The topological polar surface area (TPSA) is 62.9 Å². The van der Waals surface area contributed by atoms with Crippen molar-refractivity contribution in [3.8, 4) is 0 Å². The molecule has 0 atom stereocenters. The van der Waals surface area contributed by atoms with Crippen molar-refractivity contribution in [1.82, 2.24) is 10.2 Å². The lowest BCUT2D eigenvalue weighted by molar-refractivity contribution is 0.0683. The Balaban J connectivity index is 1.82. The van der Waals surface area contributed by atoms with Crippen LogP contribution < -0.4 is 11.1 Å². The Morgan fingerprint density at radius 1 is 1.29 bits per heavy atom. The fourth-order valence-electron chi connectivity index (χ4n) is 2.96. The molecule has 0 bridgehead atoms. The summed E-state index contributed by atoms with van der Waals surface area (Å²) in [6.45, 7) is 6.29. The molecular formula is C19H28N4O. The Hall–Kier alpha value is -2.01. The number of hydrogen-bond acceptors (Lipinski definition) is 4. The Labute approximate surface area is 144 Å². The van der Waals surface area contributed by atoms with Crippen molar-refractivity contribution >= 4 is 11.5 Å².